The Morgan fingerprint density at radius 3 is 2.38 bits per heavy atom. The lowest BCUT2D eigenvalue weighted by atomic mass is 10.2. The summed E-state index contributed by atoms with van der Waals surface area (Å²) < 4.78 is 32.6. The topological polar surface area (TPSA) is 49.9 Å². The van der Waals surface area contributed by atoms with E-state index < -0.39 is 10.0 Å². The normalized spacial score (nSPS) is 15.9. The Hall–Kier alpha value is -1.47. The molecule has 3 rings (SSSR count). The summed E-state index contributed by atoms with van der Waals surface area (Å²) in [4.78, 5) is 2.31. The van der Waals surface area contributed by atoms with E-state index in [4.69, 9.17) is 27.9 Å². The van der Waals surface area contributed by atoms with Crippen molar-refractivity contribution in [2.45, 2.75) is 11.8 Å². The van der Waals surface area contributed by atoms with Gasteiger partial charge in [0.15, 0.2) is 0 Å². The van der Waals surface area contributed by atoms with Gasteiger partial charge in [0, 0.05) is 36.9 Å². The van der Waals surface area contributed by atoms with E-state index >= 15 is 0 Å². The van der Waals surface area contributed by atoms with Crippen molar-refractivity contribution < 1.29 is 13.2 Å². The molecule has 0 N–H and O–H groups in total. The minimum atomic E-state index is -3.59. The van der Waals surface area contributed by atoms with Gasteiger partial charge in [-0.3, -0.25) is 0 Å². The molecule has 1 fully saturated rings. The van der Waals surface area contributed by atoms with Gasteiger partial charge >= 0.3 is 0 Å². The molecule has 26 heavy (non-hydrogen) atoms. The molecule has 0 unspecified atom stereocenters. The van der Waals surface area contributed by atoms with Crippen LogP contribution < -0.4 is 9.64 Å². The highest BCUT2D eigenvalue weighted by atomic mass is 35.5. The van der Waals surface area contributed by atoms with Gasteiger partial charge in [0.1, 0.15) is 5.75 Å². The van der Waals surface area contributed by atoms with E-state index in [1.54, 1.807) is 6.07 Å². The van der Waals surface area contributed by atoms with E-state index in [1.807, 2.05) is 31.2 Å². The lowest BCUT2D eigenvalue weighted by molar-refractivity contribution is 0.340. The molecule has 2 aromatic carbocycles. The quantitative estimate of drug-likeness (QED) is 0.743. The number of piperazine rings is 1. The summed E-state index contributed by atoms with van der Waals surface area (Å²) in [6, 6.07) is 12.2. The van der Waals surface area contributed by atoms with Crippen molar-refractivity contribution in [3.63, 3.8) is 0 Å². The Morgan fingerprint density at radius 2 is 1.77 bits per heavy atom. The smallest absolute Gasteiger partial charge is 0.243 e. The van der Waals surface area contributed by atoms with Crippen LogP contribution in [0.5, 0.6) is 5.75 Å². The van der Waals surface area contributed by atoms with Gasteiger partial charge in [-0.1, -0.05) is 29.3 Å². The molecule has 1 aliphatic heterocycles. The van der Waals surface area contributed by atoms with Crippen LogP contribution in [0.1, 0.15) is 6.92 Å². The Balaban J connectivity index is 1.73. The van der Waals surface area contributed by atoms with Crippen molar-refractivity contribution in [1.82, 2.24) is 4.31 Å². The number of rotatable bonds is 5. The number of nitrogens with zero attached hydrogens (tertiary/aromatic N) is 2. The molecule has 1 saturated heterocycles. The lowest BCUT2D eigenvalue weighted by Gasteiger charge is -2.35. The van der Waals surface area contributed by atoms with E-state index in [-0.39, 0.29) is 4.90 Å². The van der Waals surface area contributed by atoms with Crippen LogP contribution in [0.2, 0.25) is 10.0 Å². The molecule has 140 valence electrons. The summed E-state index contributed by atoms with van der Waals surface area (Å²) >= 11 is 12.2. The SMILES string of the molecule is CCOc1ccc(S(=O)(=O)N2CCN(c3cccc(Cl)c3)CC2)cc1Cl. The predicted octanol–water partition coefficient (Wildman–Crippen LogP) is 3.90. The van der Waals surface area contributed by atoms with Crippen molar-refractivity contribution in [1.29, 1.82) is 0 Å². The summed E-state index contributed by atoms with van der Waals surface area (Å²) in [5.41, 5.74) is 0.999. The summed E-state index contributed by atoms with van der Waals surface area (Å²) in [6.07, 6.45) is 0. The number of hydrogen-bond donors (Lipinski definition) is 0. The molecular weight excluding hydrogens is 395 g/mol. The zero-order valence-corrected chi connectivity index (χ0v) is 16.7. The van der Waals surface area contributed by atoms with Crippen molar-refractivity contribution in [2.24, 2.45) is 0 Å². The zero-order chi connectivity index (χ0) is 18.7. The molecule has 0 spiro atoms. The molecule has 1 aliphatic rings. The highest BCUT2D eigenvalue weighted by Crippen LogP contribution is 2.29. The van der Waals surface area contributed by atoms with E-state index in [0.29, 0.717) is 48.6 Å². The minimum Gasteiger partial charge on any atom is -0.492 e. The number of anilines is 1. The second-order valence-corrected chi connectivity index (χ2v) is 8.68. The summed E-state index contributed by atoms with van der Waals surface area (Å²) in [5, 5.41) is 0.965. The summed E-state index contributed by atoms with van der Waals surface area (Å²) in [5.74, 6) is 0.485. The van der Waals surface area contributed by atoms with Gasteiger partial charge < -0.3 is 9.64 Å². The number of ether oxygens (including phenoxy) is 1. The molecule has 5 nitrogen and oxygen atoms in total. The predicted molar refractivity (Wildman–Crippen MR) is 105 cm³/mol. The van der Waals surface area contributed by atoms with E-state index in [2.05, 4.69) is 4.90 Å². The standard InChI is InChI=1S/C18H20Cl2N2O3S/c1-2-25-18-7-6-16(13-17(18)20)26(23,24)22-10-8-21(9-11-22)15-5-3-4-14(19)12-15/h3-7,12-13H,2,8-11H2,1H3. The van der Waals surface area contributed by atoms with Crippen LogP contribution in [0.3, 0.4) is 0 Å². The Kier molecular flexibility index (Phi) is 5.97. The monoisotopic (exact) mass is 414 g/mol. The van der Waals surface area contributed by atoms with Crippen LogP contribution >= 0.6 is 23.2 Å². The molecule has 0 aliphatic carbocycles. The minimum absolute atomic E-state index is 0.183. The molecule has 0 bridgehead atoms. The van der Waals surface area contributed by atoms with Crippen LogP contribution in [0.15, 0.2) is 47.4 Å². The van der Waals surface area contributed by atoms with Gasteiger partial charge in [-0.25, -0.2) is 8.42 Å². The molecule has 1 heterocycles. The van der Waals surface area contributed by atoms with Crippen LogP contribution in [0, 0.1) is 0 Å². The van der Waals surface area contributed by atoms with Crippen molar-refractivity contribution in [3.05, 3.63) is 52.5 Å². The second kappa shape index (κ2) is 8.05. The molecule has 0 radical (unpaired) electrons. The van der Waals surface area contributed by atoms with Crippen molar-refractivity contribution >= 4 is 38.9 Å². The third kappa shape index (κ3) is 4.09. The van der Waals surface area contributed by atoms with Crippen LogP contribution in [-0.4, -0.2) is 45.5 Å². The maximum Gasteiger partial charge on any atom is 0.243 e. The van der Waals surface area contributed by atoms with Gasteiger partial charge in [0.25, 0.3) is 0 Å². The molecule has 0 aromatic heterocycles. The molecule has 0 atom stereocenters. The number of benzene rings is 2. The fraction of sp³-hybridized carbons (Fsp3) is 0.333. The van der Waals surface area contributed by atoms with E-state index in [0.717, 1.165) is 5.69 Å². The number of sulfonamides is 1. The van der Waals surface area contributed by atoms with Gasteiger partial charge in [0.05, 0.1) is 16.5 Å². The Bertz CT molecular complexity index is 882. The maximum atomic E-state index is 12.9. The molecule has 2 aromatic rings. The van der Waals surface area contributed by atoms with Gasteiger partial charge in [-0.05, 0) is 43.3 Å². The Morgan fingerprint density at radius 1 is 1.04 bits per heavy atom. The Labute approximate surface area is 164 Å². The number of hydrogen-bond acceptors (Lipinski definition) is 4. The fourth-order valence-electron chi connectivity index (χ4n) is 2.92. The first-order valence-corrected chi connectivity index (χ1v) is 10.5. The van der Waals surface area contributed by atoms with Crippen molar-refractivity contribution in [3.8, 4) is 5.75 Å². The first-order chi connectivity index (χ1) is 12.4. The van der Waals surface area contributed by atoms with Crippen LogP contribution in [-0.2, 0) is 10.0 Å². The van der Waals surface area contributed by atoms with E-state index in [1.165, 1.54) is 16.4 Å². The second-order valence-electron chi connectivity index (χ2n) is 5.90. The molecule has 0 amide bonds. The highest BCUT2D eigenvalue weighted by molar-refractivity contribution is 7.89. The van der Waals surface area contributed by atoms with E-state index in [9.17, 15) is 8.42 Å². The fourth-order valence-corrected chi connectivity index (χ4v) is 4.86. The summed E-state index contributed by atoms with van der Waals surface area (Å²) in [6.45, 7) is 4.33. The lowest BCUT2D eigenvalue weighted by Crippen LogP contribution is -2.48. The molecule has 8 heteroatoms. The zero-order valence-electron chi connectivity index (χ0n) is 14.4. The average Bonchev–Trinajstić information content (AvgIpc) is 2.63. The van der Waals surface area contributed by atoms with Gasteiger partial charge in [-0.2, -0.15) is 4.31 Å². The third-order valence-corrected chi connectivity index (χ3v) is 6.68. The van der Waals surface area contributed by atoms with Gasteiger partial charge in [-0.15, -0.1) is 0 Å². The average molecular weight is 415 g/mol. The van der Waals surface area contributed by atoms with Gasteiger partial charge in [0.2, 0.25) is 10.0 Å². The molecule has 0 saturated carbocycles. The third-order valence-electron chi connectivity index (χ3n) is 4.25. The van der Waals surface area contributed by atoms with Crippen molar-refractivity contribution in [2.75, 3.05) is 37.7 Å². The molecular formula is C18H20Cl2N2O3S. The largest absolute Gasteiger partial charge is 0.492 e. The van der Waals surface area contributed by atoms with Crippen LogP contribution in [0.25, 0.3) is 0 Å². The first kappa shape index (κ1) is 19.3. The maximum absolute atomic E-state index is 12.9. The number of halogens is 2. The van der Waals surface area contributed by atoms with Crippen LogP contribution in [0.4, 0.5) is 5.69 Å². The summed E-state index contributed by atoms with van der Waals surface area (Å²) in [7, 11) is -3.59. The highest BCUT2D eigenvalue weighted by Gasteiger charge is 2.29. The first-order valence-electron chi connectivity index (χ1n) is 8.35.